The third-order valence-corrected chi connectivity index (χ3v) is 5.12. The van der Waals surface area contributed by atoms with Gasteiger partial charge >= 0.3 is 0 Å². The Kier molecular flexibility index (Phi) is 5.39. The molecule has 0 aromatic heterocycles. The second kappa shape index (κ2) is 7.70. The molecule has 1 aliphatic rings. The first kappa shape index (κ1) is 17.5. The van der Waals surface area contributed by atoms with E-state index in [1.165, 1.54) is 16.8 Å². The summed E-state index contributed by atoms with van der Waals surface area (Å²) in [5, 5.41) is 0. The molecule has 1 fully saturated rings. The summed E-state index contributed by atoms with van der Waals surface area (Å²) in [6, 6.07) is 15.9. The minimum Gasteiger partial charge on any atom is -0.368 e. The fraction of sp³-hybridized carbons (Fsp3) is 0.381. The van der Waals surface area contributed by atoms with E-state index in [1.54, 1.807) is 0 Å². The van der Waals surface area contributed by atoms with E-state index >= 15 is 0 Å². The molecule has 1 aliphatic heterocycles. The van der Waals surface area contributed by atoms with Crippen LogP contribution in [0.25, 0.3) is 0 Å². The molecule has 25 heavy (non-hydrogen) atoms. The van der Waals surface area contributed by atoms with Crippen molar-refractivity contribution in [3.05, 3.63) is 65.2 Å². The number of hydrogen-bond donors (Lipinski definition) is 1. The molecular weight excluding hydrogens is 310 g/mol. The number of carbonyl (C=O) groups excluding carboxylic acids is 1. The van der Waals surface area contributed by atoms with Gasteiger partial charge in [0.2, 0.25) is 5.91 Å². The number of hydrogen-bond acceptors (Lipinski definition) is 3. The van der Waals surface area contributed by atoms with Gasteiger partial charge in [-0.25, -0.2) is 0 Å². The van der Waals surface area contributed by atoms with Crippen LogP contribution in [0.3, 0.4) is 0 Å². The molecule has 0 spiro atoms. The number of nitrogens with two attached hydrogens (primary N) is 1. The lowest BCUT2D eigenvalue weighted by Crippen LogP contribution is -2.53. The number of aryl methyl sites for hydroxylation is 1. The zero-order valence-electron chi connectivity index (χ0n) is 15.1. The molecule has 1 heterocycles. The fourth-order valence-corrected chi connectivity index (χ4v) is 3.44. The number of nitrogens with zero attached hydrogens (tertiary/aromatic N) is 2. The highest BCUT2D eigenvalue weighted by Crippen LogP contribution is 2.24. The normalized spacial score (nSPS) is 16.0. The third kappa shape index (κ3) is 4.02. The zero-order valence-corrected chi connectivity index (χ0v) is 15.1. The Balaban J connectivity index is 1.58. The summed E-state index contributed by atoms with van der Waals surface area (Å²) >= 11 is 0. The predicted molar refractivity (Wildman–Crippen MR) is 103 cm³/mol. The summed E-state index contributed by atoms with van der Waals surface area (Å²) < 4.78 is 0. The molecule has 2 N–H and O–H groups in total. The number of anilines is 1. The van der Waals surface area contributed by atoms with Gasteiger partial charge in [0.05, 0.1) is 6.04 Å². The summed E-state index contributed by atoms with van der Waals surface area (Å²) in [7, 11) is 0. The highest BCUT2D eigenvalue weighted by atomic mass is 16.2. The van der Waals surface area contributed by atoms with Gasteiger partial charge in [0, 0.05) is 31.9 Å². The van der Waals surface area contributed by atoms with Gasteiger partial charge in [-0.3, -0.25) is 4.79 Å². The number of amides is 1. The van der Waals surface area contributed by atoms with Crippen LogP contribution in [-0.2, 0) is 11.2 Å². The molecule has 0 aliphatic carbocycles. The molecule has 0 bridgehead atoms. The first-order valence-electron chi connectivity index (χ1n) is 8.95. The van der Waals surface area contributed by atoms with Crippen LogP contribution < -0.4 is 10.6 Å². The van der Waals surface area contributed by atoms with Crippen molar-refractivity contribution in [3.8, 4) is 0 Å². The van der Waals surface area contributed by atoms with Crippen LogP contribution in [-0.4, -0.2) is 43.0 Å². The standard InChI is InChI=1S/C21H27N3O/c1-16-7-6-10-20(17(16)2)23-11-13-24(14-12-23)21(25)19(22)15-18-8-4-3-5-9-18/h3-10,19H,11-15,22H2,1-2H3. The van der Waals surface area contributed by atoms with Gasteiger partial charge in [0.15, 0.2) is 0 Å². The summed E-state index contributed by atoms with van der Waals surface area (Å²) in [5.74, 6) is 0.0597. The summed E-state index contributed by atoms with van der Waals surface area (Å²) in [4.78, 5) is 16.9. The van der Waals surface area contributed by atoms with Gasteiger partial charge in [-0.2, -0.15) is 0 Å². The van der Waals surface area contributed by atoms with Crippen LogP contribution in [0.15, 0.2) is 48.5 Å². The lowest BCUT2D eigenvalue weighted by atomic mass is 10.0. The van der Waals surface area contributed by atoms with Crippen molar-refractivity contribution < 1.29 is 4.79 Å². The number of carbonyl (C=O) groups is 1. The molecule has 1 atom stereocenters. The van der Waals surface area contributed by atoms with Crippen molar-refractivity contribution in [3.63, 3.8) is 0 Å². The van der Waals surface area contributed by atoms with E-state index in [1.807, 2.05) is 35.2 Å². The Labute approximate surface area is 150 Å². The highest BCUT2D eigenvalue weighted by molar-refractivity contribution is 5.82. The highest BCUT2D eigenvalue weighted by Gasteiger charge is 2.26. The van der Waals surface area contributed by atoms with Crippen LogP contribution in [0.5, 0.6) is 0 Å². The van der Waals surface area contributed by atoms with E-state index in [-0.39, 0.29) is 5.91 Å². The minimum atomic E-state index is -0.463. The maximum Gasteiger partial charge on any atom is 0.239 e. The summed E-state index contributed by atoms with van der Waals surface area (Å²) in [6.07, 6.45) is 0.594. The second-order valence-corrected chi connectivity index (χ2v) is 6.83. The zero-order chi connectivity index (χ0) is 17.8. The first-order valence-corrected chi connectivity index (χ1v) is 8.95. The van der Waals surface area contributed by atoms with Crippen LogP contribution >= 0.6 is 0 Å². The Morgan fingerprint density at radius 2 is 1.68 bits per heavy atom. The van der Waals surface area contributed by atoms with E-state index in [9.17, 15) is 4.79 Å². The maximum absolute atomic E-state index is 12.6. The quantitative estimate of drug-likeness (QED) is 0.933. The van der Waals surface area contributed by atoms with E-state index < -0.39 is 6.04 Å². The van der Waals surface area contributed by atoms with Crippen molar-refractivity contribution in [2.24, 2.45) is 5.73 Å². The molecule has 1 unspecified atom stereocenters. The molecule has 1 saturated heterocycles. The van der Waals surface area contributed by atoms with Crippen LogP contribution in [0.2, 0.25) is 0 Å². The Bertz CT molecular complexity index is 721. The third-order valence-electron chi connectivity index (χ3n) is 5.12. The largest absolute Gasteiger partial charge is 0.368 e. The van der Waals surface area contributed by atoms with Crippen molar-refractivity contribution in [2.45, 2.75) is 26.3 Å². The monoisotopic (exact) mass is 337 g/mol. The van der Waals surface area contributed by atoms with E-state index in [0.29, 0.717) is 6.42 Å². The lowest BCUT2D eigenvalue weighted by molar-refractivity contribution is -0.132. The van der Waals surface area contributed by atoms with Gasteiger partial charge in [0.25, 0.3) is 0 Å². The minimum absolute atomic E-state index is 0.0597. The average Bonchev–Trinajstić information content (AvgIpc) is 2.64. The van der Waals surface area contributed by atoms with Crippen molar-refractivity contribution >= 4 is 11.6 Å². The molecule has 3 rings (SSSR count). The molecule has 1 amide bonds. The SMILES string of the molecule is Cc1cccc(N2CCN(C(=O)C(N)Cc3ccccc3)CC2)c1C. The van der Waals surface area contributed by atoms with E-state index in [0.717, 1.165) is 31.7 Å². The number of rotatable bonds is 4. The van der Waals surface area contributed by atoms with Crippen LogP contribution in [0.1, 0.15) is 16.7 Å². The maximum atomic E-state index is 12.6. The molecule has 0 radical (unpaired) electrons. The fourth-order valence-electron chi connectivity index (χ4n) is 3.44. The first-order chi connectivity index (χ1) is 12.1. The van der Waals surface area contributed by atoms with Gasteiger partial charge in [-0.1, -0.05) is 42.5 Å². The Hall–Kier alpha value is -2.33. The van der Waals surface area contributed by atoms with Crippen molar-refractivity contribution in [1.29, 1.82) is 0 Å². The Morgan fingerprint density at radius 3 is 2.36 bits per heavy atom. The molecule has 2 aromatic rings. The summed E-state index contributed by atoms with van der Waals surface area (Å²) in [6.45, 7) is 7.48. The van der Waals surface area contributed by atoms with Crippen LogP contribution in [0, 0.1) is 13.8 Å². The molecule has 4 heteroatoms. The van der Waals surface area contributed by atoms with Crippen molar-refractivity contribution in [1.82, 2.24) is 4.90 Å². The van der Waals surface area contributed by atoms with Gasteiger partial charge in [-0.15, -0.1) is 0 Å². The smallest absolute Gasteiger partial charge is 0.239 e. The predicted octanol–water partition coefficient (Wildman–Crippen LogP) is 2.52. The Morgan fingerprint density at radius 1 is 1.00 bits per heavy atom. The molecule has 132 valence electrons. The van der Waals surface area contributed by atoms with E-state index in [4.69, 9.17) is 5.73 Å². The summed E-state index contributed by atoms with van der Waals surface area (Å²) in [5.41, 5.74) is 11.2. The topological polar surface area (TPSA) is 49.6 Å². The lowest BCUT2D eigenvalue weighted by Gasteiger charge is -2.38. The number of benzene rings is 2. The molecule has 4 nitrogen and oxygen atoms in total. The van der Waals surface area contributed by atoms with Gasteiger partial charge in [0.1, 0.15) is 0 Å². The van der Waals surface area contributed by atoms with Crippen LogP contribution in [0.4, 0.5) is 5.69 Å². The van der Waals surface area contributed by atoms with E-state index in [2.05, 4.69) is 36.9 Å². The average molecular weight is 337 g/mol. The molecular formula is C21H27N3O. The second-order valence-electron chi connectivity index (χ2n) is 6.83. The molecule has 0 saturated carbocycles. The van der Waals surface area contributed by atoms with Gasteiger partial charge in [-0.05, 0) is 43.0 Å². The number of piperazine rings is 1. The van der Waals surface area contributed by atoms with Crippen molar-refractivity contribution in [2.75, 3.05) is 31.1 Å². The van der Waals surface area contributed by atoms with Gasteiger partial charge < -0.3 is 15.5 Å². The molecule has 2 aromatic carbocycles.